The van der Waals surface area contributed by atoms with Crippen LogP contribution in [0.1, 0.15) is 45.6 Å². The predicted molar refractivity (Wildman–Crippen MR) is 89.1 cm³/mol. The number of rotatable bonds is 2. The average Bonchev–Trinajstić information content (AvgIpc) is 2.64. The highest BCUT2D eigenvalue weighted by atomic mass is 32.1. The van der Waals surface area contributed by atoms with Crippen LogP contribution in [0, 0.1) is 11.3 Å². The minimum atomic E-state index is 0.393. The summed E-state index contributed by atoms with van der Waals surface area (Å²) in [6.45, 7) is 9.17. The van der Waals surface area contributed by atoms with Crippen LogP contribution in [0.3, 0.4) is 0 Å². The van der Waals surface area contributed by atoms with Crippen molar-refractivity contribution < 1.29 is 0 Å². The van der Waals surface area contributed by atoms with Crippen molar-refractivity contribution in [2.45, 2.75) is 40.0 Å². The first-order chi connectivity index (χ1) is 9.38. The summed E-state index contributed by atoms with van der Waals surface area (Å²) >= 11 is 5.05. The lowest BCUT2D eigenvalue weighted by molar-refractivity contribution is 0.220. The number of anilines is 1. The lowest BCUT2D eigenvalue weighted by Crippen LogP contribution is -2.27. The van der Waals surface area contributed by atoms with Crippen LogP contribution >= 0.6 is 12.2 Å². The van der Waals surface area contributed by atoms with Gasteiger partial charge in [-0.15, -0.1) is 0 Å². The molecule has 0 radical (unpaired) electrons. The molecular weight excluding hydrogens is 266 g/mol. The Morgan fingerprint density at radius 3 is 2.75 bits per heavy atom. The quantitative estimate of drug-likeness (QED) is 0.848. The fourth-order valence-corrected chi connectivity index (χ4v) is 3.06. The van der Waals surface area contributed by atoms with Gasteiger partial charge in [0, 0.05) is 24.8 Å². The van der Waals surface area contributed by atoms with Gasteiger partial charge >= 0.3 is 0 Å². The fraction of sp³-hybridized carbons (Fsp3) is 0.625. The van der Waals surface area contributed by atoms with Gasteiger partial charge in [0.05, 0.1) is 0 Å². The maximum absolute atomic E-state index is 5.71. The molecule has 1 saturated heterocycles. The molecule has 110 valence electrons. The fourth-order valence-electron chi connectivity index (χ4n) is 2.94. The lowest BCUT2D eigenvalue weighted by Gasteiger charge is -2.30. The van der Waals surface area contributed by atoms with E-state index in [9.17, 15) is 0 Å². The van der Waals surface area contributed by atoms with Gasteiger partial charge in [-0.05, 0) is 42.7 Å². The SMILES string of the molecule is CC(C)(C)C1CCCN(c2cc(C(N)=S)ccn2)CC1. The first-order valence-electron chi connectivity index (χ1n) is 7.39. The molecule has 0 saturated carbocycles. The minimum absolute atomic E-state index is 0.393. The van der Waals surface area contributed by atoms with Crippen molar-refractivity contribution in [2.24, 2.45) is 17.1 Å². The maximum atomic E-state index is 5.71. The zero-order valence-corrected chi connectivity index (χ0v) is 13.5. The Balaban J connectivity index is 2.11. The highest BCUT2D eigenvalue weighted by Gasteiger charge is 2.27. The molecule has 1 atom stereocenters. The normalized spacial score (nSPS) is 20.6. The van der Waals surface area contributed by atoms with Crippen LogP contribution in [0.2, 0.25) is 0 Å². The summed E-state index contributed by atoms with van der Waals surface area (Å²) < 4.78 is 0. The number of hydrogen-bond acceptors (Lipinski definition) is 3. The third-order valence-corrected chi connectivity index (χ3v) is 4.54. The molecule has 0 aromatic carbocycles. The van der Waals surface area contributed by atoms with E-state index in [-0.39, 0.29) is 0 Å². The van der Waals surface area contributed by atoms with Crippen molar-refractivity contribution in [1.82, 2.24) is 4.98 Å². The monoisotopic (exact) mass is 291 g/mol. The van der Waals surface area contributed by atoms with Crippen molar-refractivity contribution in [3.8, 4) is 0 Å². The minimum Gasteiger partial charge on any atom is -0.389 e. The molecule has 0 spiro atoms. The highest BCUT2D eigenvalue weighted by molar-refractivity contribution is 7.80. The van der Waals surface area contributed by atoms with Crippen molar-refractivity contribution in [2.75, 3.05) is 18.0 Å². The van der Waals surface area contributed by atoms with Gasteiger partial charge in [0.15, 0.2) is 0 Å². The van der Waals surface area contributed by atoms with Gasteiger partial charge in [-0.3, -0.25) is 0 Å². The molecule has 1 aromatic rings. The summed E-state index contributed by atoms with van der Waals surface area (Å²) in [5.41, 5.74) is 7.00. The van der Waals surface area contributed by atoms with Crippen LogP contribution in [0.5, 0.6) is 0 Å². The van der Waals surface area contributed by atoms with E-state index in [2.05, 4.69) is 30.7 Å². The van der Waals surface area contributed by atoms with E-state index in [1.165, 1.54) is 19.3 Å². The largest absolute Gasteiger partial charge is 0.389 e. The van der Waals surface area contributed by atoms with Crippen LogP contribution in [0.15, 0.2) is 18.3 Å². The van der Waals surface area contributed by atoms with Gasteiger partial charge in [0.25, 0.3) is 0 Å². The lowest BCUT2D eigenvalue weighted by atomic mass is 9.77. The molecular formula is C16H25N3S. The molecule has 1 aromatic heterocycles. The average molecular weight is 291 g/mol. The molecule has 1 fully saturated rings. The van der Waals surface area contributed by atoms with Crippen LogP contribution in [0.25, 0.3) is 0 Å². The van der Waals surface area contributed by atoms with E-state index >= 15 is 0 Å². The second-order valence-corrected chi connectivity index (χ2v) is 7.19. The number of nitrogens with zero attached hydrogens (tertiary/aromatic N) is 2. The van der Waals surface area contributed by atoms with Crippen LogP contribution in [0.4, 0.5) is 5.82 Å². The summed E-state index contributed by atoms with van der Waals surface area (Å²) in [5, 5.41) is 0. The molecule has 2 heterocycles. The Labute approximate surface area is 127 Å². The molecule has 20 heavy (non-hydrogen) atoms. The standard InChI is InChI=1S/C16H25N3S/c1-16(2,3)13-5-4-9-19(10-7-13)14-11-12(15(17)20)6-8-18-14/h6,8,11,13H,4-5,7,9-10H2,1-3H3,(H2,17,20). The van der Waals surface area contributed by atoms with E-state index in [0.29, 0.717) is 10.4 Å². The maximum Gasteiger partial charge on any atom is 0.129 e. The first-order valence-corrected chi connectivity index (χ1v) is 7.79. The Bertz CT molecular complexity index is 479. The van der Waals surface area contributed by atoms with Crippen molar-refractivity contribution in [3.63, 3.8) is 0 Å². The number of aromatic nitrogens is 1. The number of hydrogen-bond donors (Lipinski definition) is 1. The Hall–Kier alpha value is -1.16. The topological polar surface area (TPSA) is 42.1 Å². The summed E-state index contributed by atoms with van der Waals surface area (Å²) in [4.78, 5) is 7.29. The van der Waals surface area contributed by atoms with Gasteiger partial charge in [-0.25, -0.2) is 4.98 Å². The van der Waals surface area contributed by atoms with Crippen LogP contribution < -0.4 is 10.6 Å². The summed E-state index contributed by atoms with van der Waals surface area (Å²) in [7, 11) is 0. The van der Waals surface area contributed by atoms with Gasteiger partial charge in [0.2, 0.25) is 0 Å². The molecule has 1 unspecified atom stereocenters. The first kappa shape index (κ1) is 15.2. The number of thiocarbonyl (C=S) groups is 1. The van der Waals surface area contributed by atoms with Crippen LogP contribution in [-0.4, -0.2) is 23.1 Å². The molecule has 0 aliphatic carbocycles. The second kappa shape index (κ2) is 6.08. The molecule has 1 aliphatic heterocycles. The Morgan fingerprint density at radius 2 is 2.10 bits per heavy atom. The second-order valence-electron chi connectivity index (χ2n) is 6.75. The highest BCUT2D eigenvalue weighted by Crippen LogP contribution is 2.34. The van der Waals surface area contributed by atoms with Gasteiger partial charge < -0.3 is 10.6 Å². The van der Waals surface area contributed by atoms with E-state index < -0.39 is 0 Å². The molecule has 0 amide bonds. The summed E-state index contributed by atoms with van der Waals surface area (Å²) in [6, 6.07) is 3.89. The number of nitrogens with two attached hydrogens (primary N) is 1. The van der Waals surface area contributed by atoms with Gasteiger partial charge in [-0.1, -0.05) is 33.0 Å². The van der Waals surface area contributed by atoms with Crippen molar-refractivity contribution in [3.05, 3.63) is 23.9 Å². The van der Waals surface area contributed by atoms with E-state index in [4.69, 9.17) is 18.0 Å². The predicted octanol–water partition coefficient (Wildman–Crippen LogP) is 3.37. The van der Waals surface area contributed by atoms with E-state index in [0.717, 1.165) is 30.4 Å². The molecule has 3 nitrogen and oxygen atoms in total. The molecule has 4 heteroatoms. The Morgan fingerprint density at radius 1 is 1.35 bits per heavy atom. The van der Waals surface area contributed by atoms with Crippen molar-refractivity contribution >= 4 is 23.0 Å². The van der Waals surface area contributed by atoms with E-state index in [1.807, 2.05) is 12.1 Å². The third kappa shape index (κ3) is 3.69. The molecule has 2 N–H and O–H groups in total. The molecule has 2 rings (SSSR count). The van der Waals surface area contributed by atoms with Crippen molar-refractivity contribution in [1.29, 1.82) is 0 Å². The zero-order valence-electron chi connectivity index (χ0n) is 12.7. The summed E-state index contributed by atoms with van der Waals surface area (Å²) in [5.74, 6) is 1.79. The van der Waals surface area contributed by atoms with Gasteiger partial charge in [-0.2, -0.15) is 0 Å². The zero-order chi connectivity index (χ0) is 14.8. The van der Waals surface area contributed by atoms with E-state index in [1.54, 1.807) is 6.20 Å². The molecule has 1 aliphatic rings. The third-order valence-electron chi connectivity index (χ3n) is 4.31. The Kier molecular flexibility index (Phi) is 4.63. The number of pyridine rings is 1. The summed E-state index contributed by atoms with van der Waals surface area (Å²) in [6.07, 6.45) is 5.55. The van der Waals surface area contributed by atoms with Gasteiger partial charge in [0.1, 0.15) is 10.8 Å². The smallest absolute Gasteiger partial charge is 0.129 e. The van der Waals surface area contributed by atoms with Crippen LogP contribution in [-0.2, 0) is 0 Å². The molecule has 0 bridgehead atoms.